The first-order valence-electron chi connectivity index (χ1n) is 10.2. The van der Waals surface area contributed by atoms with Crippen molar-refractivity contribution in [3.63, 3.8) is 0 Å². The third-order valence-electron chi connectivity index (χ3n) is 5.74. The van der Waals surface area contributed by atoms with E-state index in [0.717, 1.165) is 18.2 Å². The van der Waals surface area contributed by atoms with Crippen LogP contribution < -0.4 is 0 Å². The Hall–Kier alpha value is -2.78. The van der Waals surface area contributed by atoms with Gasteiger partial charge in [0.1, 0.15) is 11.8 Å². The van der Waals surface area contributed by atoms with E-state index in [9.17, 15) is 9.18 Å². The van der Waals surface area contributed by atoms with Gasteiger partial charge in [-0.2, -0.15) is 0 Å². The van der Waals surface area contributed by atoms with Crippen molar-refractivity contribution in [2.45, 2.75) is 25.4 Å². The van der Waals surface area contributed by atoms with Gasteiger partial charge in [-0.1, -0.05) is 11.6 Å². The van der Waals surface area contributed by atoms with Crippen LogP contribution in [0.3, 0.4) is 0 Å². The topological polar surface area (TPSA) is 93.2 Å². The maximum absolute atomic E-state index is 14.5. The predicted molar refractivity (Wildman–Crippen MR) is 111 cm³/mol. The Balaban J connectivity index is 1.30. The van der Waals surface area contributed by atoms with Crippen LogP contribution in [0.15, 0.2) is 24.7 Å². The molecule has 2 aliphatic rings. The Bertz CT molecular complexity index is 1120. The summed E-state index contributed by atoms with van der Waals surface area (Å²) in [5.74, 6) is 0.0507. The lowest BCUT2D eigenvalue weighted by atomic mass is 10.0. The monoisotopic (exact) mass is 445 g/mol. The molecule has 2 fully saturated rings. The van der Waals surface area contributed by atoms with Crippen molar-refractivity contribution in [1.29, 1.82) is 0 Å². The van der Waals surface area contributed by atoms with Crippen LogP contribution in [0.5, 0.6) is 0 Å². The Kier molecular flexibility index (Phi) is 5.45. The van der Waals surface area contributed by atoms with Crippen LogP contribution in [0.1, 0.15) is 18.5 Å². The maximum atomic E-state index is 14.5. The molecule has 8 nitrogen and oxygen atoms in total. The molecule has 1 amide bonds. The average molecular weight is 446 g/mol. The molecule has 5 rings (SSSR count). The molecule has 0 saturated carbocycles. The number of carbonyl (C=O) groups excluding carboxylic acids is 1. The van der Waals surface area contributed by atoms with E-state index >= 15 is 0 Å². The first-order valence-corrected chi connectivity index (χ1v) is 10.6. The van der Waals surface area contributed by atoms with Gasteiger partial charge in [0.05, 0.1) is 30.1 Å². The summed E-state index contributed by atoms with van der Waals surface area (Å²) in [6.45, 7) is 2.17. The molecular weight excluding hydrogens is 425 g/mol. The number of nitrogens with one attached hydrogen (secondary N) is 1. The van der Waals surface area contributed by atoms with E-state index in [-0.39, 0.29) is 18.1 Å². The molecule has 31 heavy (non-hydrogen) atoms. The van der Waals surface area contributed by atoms with Gasteiger partial charge in [-0.05, 0) is 24.8 Å². The Morgan fingerprint density at radius 3 is 3.10 bits per heavy atom. The zero-order valence-electron chi connectivity index (χ0n) is 16.7. The highest BCUT2D eigenvalue weighted by atomic mass is 35.5. The van der Waals surface area contributed by atoms with Crippen molar-refractivity contribution in [2.24, 2.45) is 5.92 Å². The molecule has 10 heteroatoms. The van der Waals surface area contributed by atoms with Crippen molar-refractivity contribution in [1.82, 2.24) is 24.8 Å². The number of halogens is 2. The van der Waals surface area contributed by atoms with Crippen molar-refractivity contribution >= 4 is 28.7 Å². The summed E-state index contributed by atoms with van der Waals surface area (Å²) in [5.41, 5.74) is 1.70. The van der Waals surface area contributed by atoms with Crippen LogP contribution in [0.2, 0.25) is 5.02 Å². The van der Waals surface area contributed by atoms with Crippen LogP contribution in [-0.4, -0.2) is 63.3 Å². The number of hydrogen-bond donors (Lipinski definition) is 1. The number of carbonyl (C=O) groups is 1. The number of fused-ring (bicyclic) bond motifs is 1. The minimum Gasteiger partial charge on any atom is -0.444 e. The fraction of sp³-hybridized carbons (Fsp3) is 0.429. The third kappa shape index (κ3) is 4.20. The van der Waals surface area contributed by atoms with Crippen molar-refractivity contribution in [3.05, 3.63) is 41.2 Å². The fourth-order valence-electron chi connectivity index (χ4n) is 4.10. The van der Waals surface area contributed by atoms with Gasteiger partial charge < -0.3 is 19.4 Å². The molecule has 3 aromatic heterocycles. The van der Waals surface area contributed by atoms with E-state index in [4.69, 9.17) is 21.1 Å². The van der Waals surface area contributed by atoms with Gasteiger partial charge >= 0.3 is 6.09 Å². The van der Waals surface area contributed by atoms with Crippen LogP contribution in [-0.2, 0) is 15.9 Å². The van der Waals surface area contributed by atoms with Crippen molar-refractivity contribution in [2.75, 3.05) is 26.3 Å². The van der Waals surface area contributed by atoms with Gasteiger partial charge in [0.2, 0.25) is 0 Å². The van der Waals surface area contributed by atoms with Crippen LogP contribution in [0.25, 0.3) is 22.4 Å². The highest BCUT2D eigenvalue weighted by Crippen LogP contribution is 2.29. The predicted octanol–water partition coefficient (Wildman–Crippen LogP) is 3.60. The molecule has 5 heterocycles. The van der Waals surface area contributed by atoms with E-state index in [1.165, 1.54) is 6.20 Å². The molecule has 1 N–H and O–H groups in total. The van der Waals surface area contributed by atoms with Gasteiger partial charge in [-0.25, -0.2) is 24.1 Å². The highest BCUT2D eigenvalue weighted by Gasteiger charge is 2.31. The zero-order chi connectivity index (χ0) is 21.4. The second kappa shape index (κ2) is 8.39. The van der Waals surface area contributed by atoms with Gasteiger partial charge in [-0.3, -0.25) is 0 Å². The smallest absolute Gasteiger partial charge is 0.410 e. The Labute approximate surface area is 182 Å². The minimum atomic E-state index is -0.455. The second-order valence-electron chi connectivity index (χ2n) is 7.91. The lowest BCUT2D eigenvalue weighted by molar-refractivity contribution is 0.0589. The molecule has 162 valence electrons. The molecule has 0 unspecified atom stereocenters. The first-order chi connectivity index (χ1) is 15.1. The van der Waals surface area contributed by atoms with E-state index in [1.807, 2.05) is 0 Å². The number of ether oxygens (including phenoxy) is 2. The number of pyridine rings is 1. The maximum Gasteiger partial charge on any atom is 0.410 e. The summed E-state index contributed by atoms with van der Waals surface area (Å²) >= 11 is 6.07. The molecule has 2 saturated heterocycles. The lowest BCUT2D eigenvalue weighted by Gasteiger charge is -2.19. The number of rotatable bonds is 4. The number of hydrogen-bond acceptors (Lipinski definition) is 6. The Morgan fingerprint density at radius 1 is 1.35 bits per heavy atom. The summed E-state index contributed by atoms with van der Waals surface area (Å²) in [4.78, 5) is 30.0. The number of likely N-dealkylation sites (tertiary alicyclic amines) is 1. The largest absolute Gasteiger partial charge is 0.444 e. The average Bonchev–Trinajstić information content (AvgIpc) is 3.50. The molecule has 2 aliphatic heterocycles. The lowest BCUT2D eigenvalue weighted by Crippen LogP contribution is -2.33. The normalized spacial score (nSPS) is 21.2. The van der Waals surface area contributed by atoms with Gasteiger partial charge in [0.15, 0.2) is 11.6 Å². The van der Waals surface area contributed by atoms with Gasteiger partial charge in [0.25, 0.3) is 0 Å². The standard InChI is InChI=1S/C21H21ClFN5O3/c22-13-6-15-16(8-25-19(15)24-7-13)20-26-9-17(23)18(27-20)5-12-1-3-28(10-12)21(29)31-14-2-4-30-11-14/h6-9,12,14H,1-5,10-11H2,(H,24,25)/t12-,14-/m0/s1. The van der Waals surface area contributed by atoms with E-state index < -0.39 is 5.82 Å². The van der Waals surface area contributed by atoms with E-state index in [0.29, 0.717) is 60.5 Å². The summed E-state index contributed by atoms with van der Waals surface area (Å²) in [6, 6.07) is 1.78. The quantitative estimate of drug-likeness (QED) is 0.659. The van der Waals surface area contributed by atoms with E-state index in [2.05, 4.69) is 19.9 Å². The zero-order valence-corrected chi connectivity index (χ0v) is 17.4. The number of amides is 1. The molecule has 2 atom stereocenters. The molecule has 0 bridgehead atoms. The van der Waals surface area contributed by atoms with Crippen LogP contribution >= 0.6 is 11.6 Å². The number of aromatic nitrogens is 4. The molecular formula is C21H21ClFN5O3. The van der Waals surface area contributed by atoms with Crippen LogP contribution in [0, 0.1) is 11.7 Å². The Morgan fingerprint density at radius 2 is 2.26 bits per heavy atom. The molecule has 3 aromatic rings. The number of aromatic amines is 1. The van der Waals surface area contributed by atoms with Crippen LogP contribution in [0.4, 0.5) is 9.18 Å². The van der Waals surface area contributed by atoms with Crippen molar-refractivity contribution < 1.29 is 18.7 Å². The summed E-state index contributed by atoms with van der Waals surface area (Å²) in [6.07, 6.45) is 5.89. The molecule has 0 radical (unpaired) electrons. The first kappa shape index (κ1) is 20.1. The molecule has 0 aliphatic carbocycles. The van der Waals surface area contributed by atoms with E-state index in [1.54, 1.807) is 23.4 Å². The fourth-order valence-corrected chi connectivity index (χ4v) is 4.26. The number of nitrogens with zero attached hydrogens (tertiary/aromatic N) is 4. The molecule has 0 aromatic carbocycles. The van der Waals surface area contributed by atoms with Gasteiger partial charge in [-0.15, -0.1) is 0 Å². The summed E-state index contributed by atoms with van der Waals surface area (Å²) < 4.78 is 25.2. The number of H-pyrrole nitrogens is 1. The summed E-state index contributed by atoms with van der Waals surface area (Å²) in [7, 11) is 0. The second-order valence-corrected chi connectivity index (χ2v) is 8.35. The van der Waals surface area contributed by atoms with Gasteiger partial charge in [0, 0.05) is 42.9 Å². The third-order valence-corrected chi connectivity index (χ3v) is 5.94. The van der Waals surface area contributed by atoms with Crippen molar-refractivity contribution in [3.8, 4) is 11.4 Å². The summed E-state index contributed by atoms with van der Waals surface area (Å²) in [5, 5.41) is 1.27. The SMILES string of the molecule is O=C(O[C@H]1CCOC1)N1CC[C@@H](Cc2nc(-c3c[nH]c4ncc(Cl)cc34)ncc2F)C1. The minimum absolute atomic E-state index is 0.101. The molecule has 0 spiro atoms. The highest BCUT2D eigenvalue weighted by molar-refractivity contribution is 6.31.